The minimum atomic E-state index is -0.365. The number of nitrogens with one attached hydrogen (secondary N) is 1. The molecule has 1 aliphatic rings. The number of benzene rings is 3. The summed E-state index contributed by atoms with van der Waals surface area (Å²) in [6.07, 6.45) is 3.84. The fourth-order valence-corrected chi connectivity index (χ4v) is 4.34. The van der Waals surface area contributed by atoms with E-state index in [1.165, 1.54) is 21.9 Å². The summed E-state index contributed by atoms with van der Waals surface area (Å²) in [5.41, 5.74) is 5.50. The maximum atomic E-state index is 13.9. The van der Waals surface area contributed by atoms with E-state index in [9.17, 15) is 4.39 Å². The molecule has 0 bridgehead atoms. The number of rotatable bonds is 3. The lowest BCUT2D eigenvalue weighted by atomic mass is 9.94. The molecule has 0 aliphatic heterocycles. The third kappa shape index (κ3) is 3.10. The topological polar surface area (TPSA) is 28.1 Å². The van der Waals surface area contributed by atoms with E-state index < -0.39 is 0 Å². The fourth-order valence-electron chi connectivity index (χ4n) is 4.18. The molecule has 1 aromatic heterocycles. The molecule has 0 atom stereocenters. The van der Waals surface area contributed by atoms with Crippen molar-refractivity contribution >= 4 is 39.0 Å². The predicted octanol–water partition coefficient (Wildman–Crippen LogP) is 6.48. The molecule has 1 N–H and O–H groups in total. The Balaban J connectivity index is 1.41. The van der Waals surface area contributed by atoms with Gasteiger partial charge in [-0.2, -0.15) is 0 Å². The zero-order valence-electron chi connectivity index (χ0n) is 15.4. The molecule has 3 aromatic carbocycles. The first kappa shape index (κ1) is 17.4. The van der Waals surface area contributed by atoms with Crippen LogP contribution in [0.5, 0.6) is 0 Å². The van der Waals surface area contributed by atoms with Crippen molar-refractivity contribution in [2.45, 2.75) is 25.7 Å². The molecule has 0 saturated carbocycles. The van der Waals surface area contributed by atoms with Crippen LogP contribution in [0.4, 0.5) is 4.39 Å². The Kier molecular flexibility index (Phi) is 4.40. The van der Waals surface area contributed by atoms with Crippen molar-refractivity contribution in [3.63, 3.8) is 0 Å². The molecule has 4 aromatic rings. The first-order valence-corrected chi connectivity index (χ1v) is 10.1. The maximum Gasteiger partial charge on any atom is 0.142 e. The van der Waals surface area contributed by atoms with Gasteiger partial charge in [-0.1, -0.05) is 54.1 Å². The van der Waals surface area contributed by atoms with Crippen molar-refractivity contribution in [3.05, 3.63) is 82.3 Å². The Morgan fingerprint density at radius 2 is 1.86 bits per heavy atom. The molecule has 5 rings (SSSR count). The van der Waals surface area contributed by atoms with Crippen LogP contribution in [-0.4, -0.2) is 17.2 Å². The number of fused-ring (bicyclic) bond motifs is 4. The van der Waals surface area contributed by atoms with E-state index in [4.69, 9.17) is 16.6 Å². The normalized spacial score (nSPS) is 15.4. The number of hydrogen-bond acceptors (Lipinski definition) is 1. The van der Waals surface area contributed by atoms with E-state index >= 15 is 0 Å². The van der Waals surface area contributed by atoms with Gasteiger partial charge in [0.2, 0.25) is 0 Å². The molecule has 0 spiro atoms. The molecule has 1 heterocycles. The predicted molar refractivity (Wildman–Crippen MR) is 115 cm³/mol. The molecule has 28 heavy (non-hydrogen) atoms. The van der Waals surface area contributed by atoms with Crippen molar-refractivity contribution in [2.75, 3.05) is 6.54 Å². The summed E-state index contributed by atoms with van der Waals surface area (Å²) in [6.45, 7) is 0.748. The highest BCUT2D eigenvalue weighted by atomic mass is 35.5. The molecular formula is C24H20ClFN2. The van der Waals surface area contributed by atoms with Gasteiger partial charge < -0.3 is 4.98 Å². The van der Waals surface area contributed by atoms with Gasteiger partial charge in [-0.25, -0.2) is 4.39 Å². The minimum absolute atomic E-state index is 0.154. The van der Waals surface area contributed by atoms with Gasteiger partial charge in [0, 0.05) is 17.4 Å². The number of aromatic amines is 1. The quantitative estimate of drug-likeness (QED) is 0.414. The number of H-pyrrole nitrogens is 1. The van der Waals surface area contributed by atoms with Crippen LogP contribution < -0.4 is 0 Å². The number of aliphatic imine (C=N–C) groups is 1. The molecule has 4 heteroatoms. The van der Waals surface area contributed by atoms with Crippen molar-refractivity contribution in [1.29, 1.82) is 0 Å². The lowest BCUT2D eigenvalue weighted by molar-refractivity contribution is 0.630. The molecule has 2 nitrogen and oxygen atoms in total. The Morgan fingerprint density at radius 1 is 1.00 bits per heavy atom. The molecular weight excluding hydrogens is 371 g/mol. The molecule has 0 saturated heterocycles. The Bertz CT molecular complexity index is 1220. The van der Waals surface area contributed by atoms with Crippen molar-refractivity contribution in [1.82, 2.24) is 4.98 Å². The third-order valence-corrected chi connectivity index (χ3v) is 5.88. The van der Waals surface area contributed by atoms with Crippen LogP contribution in [0.2, 0.25) is 5.02 Å². The SMILES string of the molecule is Fc1cc2c3c([nH]c2cc1Cl)/C(=N/CCc1ccc2ccccc2c1)CCC3. The van der Waals surface area contributed by atoms with Gasteiger partial charge in [-0.3, -0.25) is 4.99 Å². The van der Waals surface area contributed by atoms with E-state index in [-0.39, 0.29) is 10.8 Å². The molecule has 0 amide bonds. The number of hydrogen-bond donors (Lipinski definition) is 1. The van der Waals surface area contributed by atoms with Gasteiger partial charge in [0.25, 0.3) is 0 Å². The lowest BCUT2D eigenvalue weighted by Crippen LogP contribution is -2.12. The average Bonchev–Trinajstić information content (AvgIpc) is 3.06. The Labute approximate surface area is 168 Å². The average molecular weight is 391 g/mol. The summed E-state index contributed by atoms with van der Waals surface area (Å²) in [6, 6.07) is 18.2. The summed E-state index contributed by atoms with van der Waals surface area (Å²) in [7, 11) is 0. The monoisotopic (exact) mass is 390 g/mol. The van der Waals surface area contributed by atoms with E-state index in [0.717, 1.165) is 54.5 Å². The second kappa shape index (κ2) is 7.06. The zero-order valence-corrected chi connectivity index (χ0v) is 16.2. The van der Waals surface area contributed by atoms with Crippen LogP contribution in [0, 0.1) is 5.82 Å². The molecule has 0 radical (unpaired) electrons. The summed E-state index contributed by atoms with van der Waals surface area (Å²) >= 11 is 5.96. The second-order valence-corrected chi connectivity index (χ2v) is 7.81. The van der Waals surface area contributed by atoms with E-state index in [2.05, 4.69) is 47.4 Å². The second-order valence-electron chi connectivity index (χ2n) is 7.40. The number of aryl methyl sites for hydroxylation is 1. The first-order valence-electron chi connectivity index (χ1n) is 9.70. The van der Waals surface area contributed by atoms with Gasteiger partial charge in [0.05, 0.1) is 16.4 Å². The van der Waals surface area contributed by atoms with Crippen LogP contribution in [0.15, 0.2) is 59.6 Å². The van der Waals surface area contributed by atoms with Crippen LogP contribution >= 0.6 is 11.6 Å². The summed E-state index contributed by atoms with van der Waals surface area (Å²) in [4.78, 5) is 8.32. The summed E-state index contributed by atoms with van der Waals surface area (Å²) in [5.74, 6) is -0.365. The van der Waals surface area contributed by atoms with Crippen LogP contribution in [-0.2, 0) is 12.8 Å². The van der Waals surface area contributed by atoms with Crippen LogP contribution in [0.25, 0.3) is 21.7 Å². The van der Waals surface area contributed by atoms with Crippen molar-refractivity contribution in [2.24, 2.45) is 4.99 Å². The van der Waals surface area contributed by atoms with Crippen LogP contribution in [0.3, 0.4) is 0 Å². The molecule has 0 fully saturated rings. The number of aromatic nitrogens is 1. The van der Waals surface area contributed by atoms with Gasteiger partial charge in [-0.15, -0.1) is 0 Å². The lowest BCUT2D eigenvalue weighted by Gasteiger charge is -2.14. The molecule has 1 aliphatic carbocycles. The van der Waals surface area contributed by atoms with E-state index in [0.29, 0.717) is 0 Å². The van der Waals surface area contributed by atoms with E-state index in [1.54, 1.807) is 12.1 Å². The maximum absolute atomic E-state index is 13.9. The smallest absolute Gasteiger partial charge is 0.142 e. The largest absolute Gasteiger partial charge is 0.353 e. The van der Waals surface area contributed by atoms with Gasteiger partial charge in [0.1, 0.15) is 5.82 Å². The fraction of sp³-hybridized carbons (Fsp3) is 0.208. The van der Waals surface area contributed by atoms with Gasteiger partial charge in [-0.05, 0) is 59.7 Å². The number of nitrogens with zero attached hydrogens (tertiary/aromatic N) is 1. The Hall–Kier alpha value is -2.65. The first-order chi connectivity index (χ1) is 13.7. The molecule has 140 valence electrons. The van der Waals surface area contributed by atoms with Gasteiger partial charge >= 0.3 is 0 Å². The van der Waals surface area contributed by atoms with Crippen molar-refractivity contribution in [3.8, 4) is 0 Å². The third-order valence-electron chi connectivity index (χ3n) is 5.59. The molecule has 0 unspecified atom stereocenters. The highest BCUT2D eigenvalue weighted by molar-refractivity contribution is 6.31. The van der Waals surface area contributed by atoms with Crippen molar-refractivity contribution < 1.29 is 4.39 Å². The Morgan fingerprint density at radius 3 is 2.75 bits per heavy atom. The highest BCUT2D eigenvalue weighted by Gasteiger charge is 2.21. The highest BCUT2D eigenvalue weighted by Crippen LogP contribution is 2.32. The number of halogens is 2. The zero-order chi connectivity index (χ0) is 19.1. The van der Waals surface area contributed by atoms with E-state index in [1.807, 2.05) is 0 Å². The summed E-state index contributed by atoms with van der Waals surface area (Å²) < 4.78 is 13.9. The summed E-state index contributed by atoms with van der Waals surface area (Å²) in [5, 5.41) is 3.61. The minimum Gasteiger partial charge on any atom is -0.353 e. The standard InChI is InChI=1S/C24H20ClFN2/c25-20-14-23-19(13-21(20)26)18-6-3-7-22(24(18)28-23)27-11-10-15-8-9-16-4-1-2-5-17(16)12-15/h1-2,4-5,8-9,12-14,28H,3,6-7,10-11H2/b27-22+. The van der Waals surface area contributed by atoms with Gasteiger partial charge in [0.15, 0.2) is 0 Å². The van der Waals surface area contributed by atoms with Crippen LogP contribution in [0.1, 0.15) is 29.7 Å².